The van der Waals surface area contributed by atoms with Crippen LogP contribution in [0.2, 0.25) is 0 Å². The number of nitrogens with one attached hydrogen (secondary N) is 2. The van der Waals surface area contributed by atoms with Crippen LogP contribution in [0.4, 0.5) is 0 Å². The summed E-state index contributed by atoms with van der Waals surface area (Å²) in [5.74, 6) is -0.164. The highest BCUT2D eigenvalue weighted by Crippen LogP contribution is 2.17. The van der Waals surface area contributed by atoms with Crippen LogP contribution in [-0.4, -0.2) is 52.0 Å². The topological polar surface area (TPSA) is 75.1 Å². The van der Waals surface area contributed by atoms with Crippen molar-refractivity contribution < 1.29 is 4.79 Å². The normalized spacial score (nSPS) is 17.8. The van der Waals surface area contributed by atoms with Gasteiger partial charge in [-0.1, -0.05) is 42.3 Å². The van der Waals surface area contributed by atoms with Gasteiger partial charge >= 0.3 is 0 Å². The van der Waals surface area contributed by atoms with E-state index in [1.54, 1.807) is 6.20 Å². The minimum absolute atomic E-state index is 0. The molecule has 4 rings (SSSR count). The van der Waals surface area contributed by atoms with Gasteiger partial charge in [-0.2, -0.15) is 0 Å². The van der Waals surface area contributed by atoms with Crippen LogP contribution in [0.5, 0.6) is 0 Å². The summed E-state index contributed by atoms with van der Waals surface area (Å²) in [6.07, 6.45) is 9.13. The van der Waals surface area contributed by atoms with E-state index in [0.717, 1.165) is 38.0 Å². The van der Waals surface area contributed by atoms with Gasteiger partial charge in [0.25, 0.3) is 5.91 Å². The predicted octanol–water partition coefficient (Wildman–Crippen LogP) is 3.35. The molecule has 0 aliphatic carbocycles. The quantitative estimate of drug-likeness (QED) is 0.679. The molecule has 2 aliphatic rings. The molecule has 2 fully saturated rings. The van der Waals surface area contributed by atoms with Crippen LogP contribution in [-0.2, 0) is 13.1 Å². The number of rotatable bonds is 6. The van der Waals surface area contributed by atoms with E-state index in [1.165, 1.54) is 44.3 Å². The zero-order valence-corrected chi connectivity index (χ0v) is 19.6. The minimum Gasteiger partial charge on any atom is -0.347 e. The Bertz CT molecular complexity index is 801. The molecule has 0 bridgehead atoms. The van der Waals surface area contributed by atoms with Gasteiger partial charge in [-0.25, -0.2) is 4.68 Å². The van der Waals surface area contributed by atoms with Crippen molar-refractivity contribution in [2.45, 2.75) is 57.7 Å². The molecule has 2 N–H and O–H groups in total. The molecule has 9 heteroatoms. The summed E-state index contributed by atoms with van der Waals surface area (Å²) in [5.41, 5.74) is 2.83. The second-order valence-corrected chi connectivity index (χ2v) is 8.26. The van der Waals surface area contributed by atoms with Crippen LogP contribution in [0.15, 0.2) is 30.5 Å². The summed E-state index contributed by atoms with van der Waals surface area (Å²) >= 11 is 0. The number of likely N-dealkylation sites (tertiary alicyclic amines) is 1. The molecular weight excluding hydrogens is 435 g/mol. The van der Waals surface area contributed by atoms with Gasteiger partial charge in [-0.15, -0.1) is 29.9 Å². The van der Waals surface area contributed by atoms with Gasteiger partial charge in [0.1, 0.15) is 0 Å². The lowest BCUT2D eigenvalue weighted by atomic mass is 10.1. The first-order valence-corrected chi connectivity index (χ1v) is 11.0. The van der Waals surface area contributed by atoms with E-state index in [4.69, 9.17) is 0 Å². The van der Waals surface area contributed by atoms with E-state index < -0.39 is 0 Å². The molecule has 0 spiro atoms. The molecule has 2 saturated heterocycles. The number of aromatic nitrogens is 3. The maximum Gasteiger partial charge on any atom is 0.273 e. The molecule has 0 radical (unpaired) electrons. The van der Waals surface area contributed by atoms with Gasteiger partial charge in [0.15, 0.2) is 5.69 Å². The Hall–Kier alpha value is -1.67. The largest absolute Gasteiger partial charge is 0.347 e. The lowest BCUT2D eigenvalue weighted by Gasteiger charge is -2.22. The van der Waals surface area contributed by atoms with Crippen molar-refractivity contribution in [3.63, 3.8) is 0 Å². The number of nitrogens with zero attached hydrogens (tertiary/aromatic N) is 4. The van der Waals surface area contributed by atoms with E-state index in [0.29, 0.717) is 18.3 Å². The van der Waals surface area contributed by atoms with E-state index in [-0.39, 0.29) is 30.7 Å². The lowest BCUT2D eigenvalue weighted by molar-refractivity contribution is 0.0945. The zero-order chi connectivity index (χ0) is 19.9. The maximum absolute atomic E-state index is 12.5. The maximum atomic E-state index is 12.5. The summed E-state index contributed by atoms with van der Waals surface area (Å²) in [4.78, 5) is 15.1. The van der Waals surface area contributed by atoms with E-state index >= 15 is 0 Å². The Morgan fingerprint density at radius 3 is 2.52 bits per heavy atom. The van der Waals surface area contributed by atoms with Crippen molar-refractivity contribution in [2.75, 3.05) is 26.2 Å². The van der Waals surface area contributed by atoms with Gasteiger partial charge in [0.05, 0.1) is 12.2 Å². The number of halogens is 2. The van der Waals surface area contributed by atoms with Crippen LogP contribution < -0.4 is 10.6 Å². The van der Waals surface area contributed by atoms with E-state index in [2.05, 4.69) is 50.1 Å². The fourth-order valence-electron chi connectivity index (χ4n) is 4.29. The summed E-state index contributed by atoms with van der Waals surface area (Å²) in [6.45, 7) is 5.85. The summed E-state index contributed by atoms with van der Waals surface area (Å²) in [5, 5.41) is 14.6. The third-order valence-corrected chi connectivity index (χ3v) is 5.98. The van der Waals surface area contributed by atoms with Gasteiger partial charge in [0.2, 0.25) is 0 Å². The molecule has 2 aliphatic heterocycles. The molecule has 0 saturated carbocycles. The predicted molar refractivity (Wildman–Crippen MR) is 127 cm³/mol. The Kier molecular flexibility index (Phi) is 10.7. The summed E-state index contributed by atoms with van der Waals surface area (Å²) in [6, 6.07) is 8.87. The molecule has 1 aromatic heterocycles. The molecule has 3 heterocycles. The van der Waals surface area contributed by atoms with Crippen molar-refractivity contribution >= 4 is 30.7 Å². The fourth-order valence-corrected chi connectivity index (χ4v) is 4.29. The summed E-state index contributed by atoms with van der Waals surface area (Å²) in [7, 11) is 0. The minimum atomic E-state index is -0.164. The number of benzene rings is 1. The highest BCUT2D eigenvalue weighted by molar-refractivity contribution is 5.91. The van der Waals surface area contributed by atoms with Crippen LogP contribution in [0.3, 0.4) is 0 Å². The van der Waals surface area contributed by atoms with E-state index in [9.17, 15) is 4.79 Å². The molecule has 1 amide bonds. The Morgan fingerprint density at radius 2 is 1.77 bits per heavy atom. The highest BCUT2D eigenvalue weighted by Gasteiger charge is 2.18. The molecular formula is C22H34Cl2N6O. The monoisotopic (exact) mass is 468 g/mol. The number of carbonyl (C=O) groups is 1. The Morgan fingerprint density at radius 1 is 1.06 bits per heavy atom. The molecule has 0 unspecified atom stereocenters. The van der Waals surface area contributed by atoms with Gasteiger partial charge < -0.3 is 10.6 Å². The average molecular weight is 469 g/mol. The van der Waals surface area contributed by atoms with Crippen molar-refractivity contribution in [3.8, 4) is 0 Å². The third-order valence-electron chi connectivity index (χ3n) is 5.98. The van der Waals surface area contributed by atoms with Gasteiger partial charge in [-0.05, 0) is 63.0 Å². The molecule has 172 valence electrons. The first-order valence-electron chi connectivity index (χ1n) is 11.0. The number of hydrogen-bond donors (Lipinski definition) is 2. The van der Waals surface area contributed by atoms with Crippen LogP contribution >= 0.6 is 24.8 Å². The third kappa shape index (κ3) is 7.45. The number of carbonyl (C=O) groups excluding carboxylic acids is 1. The smallest absolute Gasteiger partial charge is 0.273 e. The molecule has 1 aromatic carbocycles. The molecule has 7 nitrogen and oxygen atoms in total. The molecule has 2 aromatic rings. The lowest BCUT2D eigenvalue weighted by Crippen LogP contribution is -2.29. The molecule has 0 atom stereocenters. The second-order valence-electron chi connectivity index (χ2n) is 8.26. The Labute approximate surface area is 197 Å². The van der Waals surface area contributed by atoms with Crippen molar-refractivity contribution in [1.29, 1.82) is 0 Å². The Balaban J connectivity index is 0.00000171. The van der Waals surface area contributed by atoms with Gasteiger partial charge in [0, 0.05) is 13.1 Å². The highest BCUT2D eigenvalue weighted by atomic mass is 35.5. The zero-order valence-electron chi connectivity index (χ0n) is 18.0. The average Bonchev–Trinajstić information content (AvgIpc) is 3.12. The van der Waals surface area contributed by atoms with Gasteiger partial charge in [-0.3, -0.25) is 9.69 Å². The number of piperidine rings is 1. The van der Waals surface area contributed by atoms with E-state index in [1.807, 2.05) is 4.68 Å². The summed E-state index contributed by atoms with van der Waals surface area (Å²) < 4.78 is 1.84. The van der Waals surface area contributed by atoms with Crippen molar-refractivity contribution in [3.05, 3.63) is 47.3 Å². The molecule has 31 heavy (non-hydrogen) atoms. The van der Waals surface area contributed by atoms with Crippen molar-refractivity contribution in [1.82, 2.24) is 30.5 Å². The SMILES string of the molecule is Cl.Cl.O=C(NCc1cccc(CN2CCCCCC2)c1)c1cn(C2CCNCC2)nn1. The first-order chi connectivity index (χ1) is 14.3. The van der Waals surface area contributed by atoms with Crippen LogP contribution in [0.25, 0.3) is 0 Å². The second kappa shape index (κ2) is 13.0. The van der Waals surface area contributed by atoms with Crippen LogP contribution in [0.1, 0.15) is 66.2 Å². The van der Waals surface area contributed by atoms with Crippen LogP contribution in [0, 0.1) is 0 Å². The number of amides is 1. The van der Waals surface area contributed by atoms with Crippen molar-refractivity contribution in [2.24, 2.45) is 0 Å². The first kappa shape index (κ1) is 25.6. The number of hydrogen-bond acceptors (Lipinski definition) is 5. The fraction of sp³-hybridized carbons (Fsp3) is 0.591. The standard InChI is InChI=1S/C22H32N6O.2ClH/c29-22(21-17-28(26-25-21)20-8-10-23-11-9-20)24-15-18-6-5-7-19(14-18)16-27-12-3-1-2-4-13-27;;/h5-7,14,17,20,23H,1-4,8-13,15-16H2,(H,24,29);2*1H.